The Balaban J connectivity index is 2.51. The first-order valence-electron chi connectivity index (χ1n) is 4.51. The van der Waals surface area contributed by atoms with Gasteiger partial charge >= 0.3 is 0 Å². The van der Waals surface area contributed by atoms with Gasteiger partial charge in [-0.3, -0.25) is 0 Å². The number of hydrogen-bond acceptors (Lipinski definition) is 3. The first kappa shape index (κ1) is 9.52. The lowest BCUT2D eigenvalue weighted by Gasteiger charge is -2.13. The highest BCUT2D eigenvalue weighted by atomic mass is 32.2. The van der Waals surface area contributed by atoms with E-state index in [9.17, 15) is 8.42 Å². The molecule has 0 spiro atoms. The number of rotatable bonds is 2. The van der Waals surface area contributed by atoms with E-state index in [0.29, 0.717) is 5.69 Å². The Kier molecular flexibility index (Phi) is 1.86. The summed E-state index contributed by atoms with van der Waals surface area (Å²) in [5.74, 6) is 0. The van der Waals surface area contributed by atoms with Crippen molar-refractivity contribution >= 4 is 15.5 Å². The molecule has 4 heteroatoms. The number of anilines is 1. The zero-order chi connectivity index (χ0) is 10.4. The van der Waals surface area contributed by atoms with Crippen LogP contribution in [0.1, 0.15) is 18.4 Å². The molecule has 1 fully saturated rings. The van der Waals surface area contributed by atoms with E-state index in [0.717, 1.165) is 18.4 Å². The van der Waals surface area contributed by atoms with Gasteiger partial charge in [0.25, 0.3) is 0 Å². The van der Waals surface area contributed by atoms with Crippen LogP contribution in [0.4, 0.5) is 5.69 Å². The molecule has 3 nitrogen and oxygen atoms in total. The number of nitrogens with two attached hydrogens (primary N) is 1. The second-order valence-electron chi connectivity index (χ2n) is 3.89. The number of nitrogen functional groups attached to an aromatic ring is 1. The van der Waals surface area contributed by atoms with Gasteiger partial charge in [0, 0.05) is 11.9 Å². The highest BCUT2D eigenvalue weighted by Gasteiger charge is 2.53. The molecule has 0 heterocycles. The predicted molar refractivity (Wildman–Crippen MR) is 56.6 cm³/mol. The van der Waals surface area contributed by atoms with E-state index in [2.05, 4.69) is 0 Å². The summed E-state index contributed by atoms with van der Waals surface area (Å²) in [4.78, 5) is 0. The van der Waals surface area contributed by atoms with E-state index in [1.807, 2.05) is 6.07 Å². The third-order valence-electron chi connectivity index (χ3n) is 2.83. The zero-order valence-electron chi connectivity index (χ0n) is 8.03. The molecule has 76 valence electrons. The van der Waals surface area contributed by atoms with Crippen LogP contribution in [-0.2, 0) is 14.6 Å². The van der Waals surface area contributed by atoms with E-state index >= 15 is 0 Å². The Morgan fingerprint density at radius 1 is 1.36 bits per heavy atom. The fraction of sp³-hybridized carbons (Fsp3) is 0.400. The van der Waals surface area contributed by atoms with Crippen LogP contribution in [0.25, 0.3) is 0 Å². The average Bonchev–Trinajstić information content (AvgIpc) is 2.82. The first-order valence-corrected chi connectivity index (χ1v) is 6.40. The maximum Gasteiger partial charge on any atom is 0.157 e. The van der Waals surface area contributed by atoms with Crippen molar-refractivity contribution in [1.82, 2.24) is 0 Å². The predicted octanol–water partition coefficient (Wildman–Crippen LogP) is 1.30. The SMILES string of the molecule is CS(=O)(=O)C1(c2cccc(N)c2)CC1. The lowest BCUT2D eigenvalue weighted by molar-refractivity contribution is 0.586. The van der Waals surface area contributed by atoms with Gasteiger partial charge in [-0.1, -0.05) is 12.1 Å². The Bertz CT molecular complexity index is 461. The van der Waals surface area contributed by atoms with E-state index < -0.39 is 14.6 Å². The minimum Gasteiger partial charge on any atom is -0.399 e. The number of benzene rings is 1. The molecule has 1 aliphatic rings. The van der Waals surface area contributed by atoms with Crippen molar-refractivity contribution in [2.75, 3.05) is 12.0 Å². The van der Waals surface area contributed by atoms with E-state index in [4.69, 9.17) is 5.73 Å². The van der Waals surface area contributed by atoms with Crippen molar-refractivity contribution in [3.05, 3.63) is 29.8 Å². The maximum absolute atomic E-state index is 11.6. The minimum atomic E-state index is -3.02. The van der Waals surface area contributed by atoms with Crippen molar-refractivity contribution in [1.29, 1.82) is 0 Å². The lowest BCUT2D eigenvalue weighted by Crippen LogP contribution is -2.19. The van der Waals surface area contributed by atoms with Gasteiger partial charge in [0.1, 0.15) is 0 Å². The van der Waals surface area contributed by atoms with Gasteiger partial charge in [0.05, 0.1) is 4.75 Å². The summed E-state index contributed by atoms with van der Waals surface area (Å²) in [6, 6.07) is 7.16. The molecule has 1 saturated carbocycles. The summed E-state index contributed by atoms with van der Waals surface area (Å²) in [7, 11) is -3.02. The third kappa shape index (κ3) is 1.30. The summed E-state index contributed by atoms with van der Waals surface area (Å²) in [5.41, 5.74) is 7.09. The summed E-state index contributed by atoms with van der Waals surface area (Å²) >= 11 is 0. The van der Waals surface area contributed by atoms with Crippen molar-refractivity contribution in [3.63, 3.8) is 0 Å². The fourth-order valence-corrected chi connectivity index (χ4v) is 3.21. The smallest absolute Gasteiger partial charge is 0.157 e. The molecule has 0 radical (unpaired) electrons. The summed E-state index contributed by atoms with van der Waals surface area (Å²) in [6.07, 6.45) is 2.73. The van der Waals surface area contributed by atoms with Gasteiger partial charge in [-0.2, -0.15) is 0 Å². The summed E-state index contributed by atoms with van der Waals surface area (Å²) in [5, 5.41) is 0. The molecule has 1 aromatic rings. The molecule has 1 aliphatic carbocycles. The Labute approximate surface area is 83.9 Å². The van der Waals surface area contributed by atoms with Gasteiger partial charge in [-0.05, 0) is 30.5 Å². The van der Waals surface area contributed by atoms with Crippen LogP contribution < -0.4 is 5.73 Å². The molecular weight excluding hydrogens is 198 g/mol. The molecule has 0 atom stereocenters. The standard InChI is InChI=1S/C10H13NO2S/c1-14(12,13)10(5-6-10)8-3-2-4-9(11)7-8/h2-4,7H,5-6,11H2,1H3. The molecule has 0 unspecified atom stereocenters. The number of sulfone groups is 1. The van der Waals surface area contributed by atoms with E-state index in [-0.39, 0.29) is 0 Å². The van der Waals surface area contributed by atoms with E-state index in [1.54, 1.807) is 18.2 Å². The van der Waals surface area contributed by atoms with Crippen LogP contribution in [0.2, 0.25) is 0 Å². The fourth-order valence-electron chi connectivity index (χ4n) is 1.81. The zero-order valence-corrected chi connectivity index (χ0v) is 8.84. The average molecular weight is 211 g/mol. The quantitative estimate of drug-likeness (QED) is 0.750. The highest BCUT2D eigenvalue weighted by molar-refractivity contribution is 7.92. The Hall–Kier alpha value is -1.03. The van der Waals surface area contributed by atoms with Gasteiger partial charge in [-0.15, -0.1) is 0 Å². The maximum atomic E-state index is 11.6. The lowest BCUT2D eigenvalue weighted by atomic mass is 10.1. The highest BCUT2D eigenvalue weighted by Crippen LogP contribution is 2.52. The number of hydrogen-bond donors (Lipinski definition) is 1. The molecule has 0 bridgehead atoms. The monoisotopic (exact) mass is 211 g/mol. The van der Waals surface area contributed by atoms with Crippen molar-refractivity contribution in [2.45, 2.75) is 17.6 Å². The Morgan fingerprint density at radius 3 is 2.43 bits per heavy atom. The van der Waals surface area contributed by atoms with Crippen molar-refractivity contribution < 1.29 is 8.42 Å². The van der Waals surface area contributed by atoms with Gasteiger partial charge in [0.15, 0.2) is 9.84 Å². The molecule has 14 heavy (non-hydrogen) atoms. The first-order chi connectivity index (χ1) is 6.46. The molecule has 0 aromatic heterocycles. The topological polar surface area (TPSA) is 60.2 Å². The molecule has 0 aliphatic heterocycles. The van der Waals surface area contributed by atoms with Crippen molar-refractivity contribution in [3.8, 4) is 0 Å². The van der Waals surface area contributed by atoms with Crippen LogP contribution in [0.5, 0.6) is 0 Å². The molecular formula is C10H13NO2S. The van der Waals surface area contributed by atoms with Crippen LogP contribution in [0, 0.1) is 0 Å². The van der Waals surface area contributed by atoms with E-state index in [1.165, 1.54) is 6.26 Å². The normalized spacial score (nSPS) is 19.2. The molecule has 0 saturated heterocycles. The summed E-state index contributed by atoms with van der Waals surface area (Å²) in [6.45, 7) is 0. The van der Waals surface area contributed by atoms with Gasteiger partial charge in [-0.25, -0.2) is 8.42 Å². The third-order valence-corrected chi connectivity index (χ3v) is 4.89. The second kappa shape index (κ2) is 2.73. The van der Waals surface area contributed by atoms with Crippen LogP contribution in [0.3, 0.4) is 0 Å². The Morgan fingerprint density at radius 2 is 2.00 bits per heavy atom. The summed E-state index contributed by atoms with van der Waals surface area (Å²) < 4.78 is 22.5. The largest absolute Gasteiger partial charge is 0.399 e. The van der Waals surface area contributed by atoms with Crippen molar-refractivity contribution in [2.24, 2.45) is 0 Å². The second-order valence-corrected chi connectivity index (χ2v) is 6.22. The molecule has 2 N–H and O–H groups in total. The van der Waals surface area contributed by atoms with Gasteiger partial charge < -0.3 is 5.73 Å². The van der Waals surface area contributed by atoms with Crippen LogP contribution in [0.15, 0.2) is 24.3 Å². The van der Waals surface area contributed by atoms with Crippen LogP contribution >= 0.6 is 0 Å². The molecule has 2 rings (SSSR count). The van der Waals surface area contributed by atoms with Crippen LogP contribution in [-0.4, -0.2) is 14.7 Å². The van der Waals surface area contributed by atoms with Gasteiger partial charge in [0.2, 0.25) is 0 Å². The minimum absolute atomic E-state index is 0.623. The molecule has 1 aromatic carbocycles. The molecule has 0 amide bonds.